The fourth-order valence-electron chi connectivity index (χ4n) is 2.43. The van der Waals surface area contributed by atoms with E-state index in [1.165, 1.54) is 14.9 Å². The molecule has 1 N–H and O–H groups in total. The Morgan fingerprint density at radius 1 is 1.30 bits per heavy atom. The highest BCUT2D eigenvalue weighted by atomic mass is 79.9. The van der Waals surface area contributed by atoms with Crippen molar-refractivity contribution in [1.82, 2.24) is 5.32 Å². The summed E-state index contributed by atoms with van der Waals surface area (Å²) in [4.78, 5) is 1.42. The van der Waals surface area contributed by atoms with E-state index in [2.05, 4.69) is 44.8 Å². The number of para-hydroxylation sites is 1. The van der Waals surface area contributed by atoms with Crippen LogP contribution in [-0.2, 0) is 12.8 Å². The molecule has 20 heavy (non-hydrogen) atoms. The summed E-state index contributed by atoms with van der Waals surface area (Å²) in [5.74, 6) is 1.56. The Labute approximate surface area is 133 Å². The van der Waals surface area contributed by atoms with Gasteiger partial charge < -0.3 is 10.1 Å². The molecule has 1 aromatic heterocycles. The minimum Gasteiger partial charge on any atom is -0.496 e. The molecule has 1 aromatic carbocycles. The molecule has 1 heterocycles. The van der Waals surface area contributed by atoms with Crippen LogP contribution in [0.25, 0.3) is 0 Å². The van der Waals surface area contributed by atoms with Crippen molar-refractivity contribution >= 4 is 27.3 Å². The Balaban J connectivity index is 2.08. The third kappa shape index (κ3) is 4.33. The highest BCUT2D eigenvalue weighted by Gasteiger charge is 2.14. The van der Waals surface area contributed by atoms with Crippen molar-refractivity contribution in [3.05, 3.63) is 50.6 Å². The van der Waals surface area contributed by atoms with E-state index in [4.69, 9.17) is 4.74 Å². The zero-order chi connectivity index (χ0) is 14.4. The van der Waals surface area contributed by atoms with Crippen molar-refractivity contribution in [1.29, 1.82) is 0 Å². The lowest BCUT2D eigenvalue weighted by atomic mass is 9.95. The molecule has 4 heteroatoms. The number of rotatable bonds is 7. The molecule has 0 aliphatic heterocycles. The predicted molar refractivity (Wildman–Crippen MR) is 89.8 cm³/mol. The van der Waals surface area contributed by atoms with Crippen molar-refractivity contribution < 1.29 is 4.74 Å². The monoisotopic (exact) mass is 353 g/mol. The van der Waals surface area contributed by atoms with Crippen LogP contribution >= 0.6 is 27.3 Å². The smallest absolute Gasteiger partial charge is 0.122 e. The van der Waals surface area contributed by atoms with E-state index in [1.807, 2.05) is 30.5 Å². The Kier molecular flexibility index (Phi) is 6.07. The maximum absolute atomic E-state index is 5.45. The van der Waals surface area contributed by atoms with Crippen molar-refractivity contribution in [2.75, 3.05) is 20.7 Å². The van der Waals surface area contributed by atoms with E-state index >= 15 is 0 Å². The molecule has 0 fully saturated rings. The summed E-state index contributed by atoms with van der Waals surface area (Å²) >= 11 is 5.34. The molecular weight excluding hydrogens is 334 g/mol. The van der Waals surface area contributed by atoms with Crippen LogP contribution in [0.1, 0.15) is 10.4 Å². The number of benzene rings is 1. The third-order valence-corrected chi connectivity index (χ3v) is 5.03. The van der Waals surface area contributed by atoms with Crippen LogP contribution in [0.2, 0.25) is 0 Å². The maximum Gasteiger partial charge on any atom is 0.122 e. The second kappa shape index (κ2) is 7.81. The number of ether oxygens (including phenoxy) is 1. The van der Waals surface area contributed by atoms with Crippen LogP contribution in [0, 0.1) is 5.92 Å². The molecule has 0 saturated carbocycles. The van der Waals surface area contributed by atoms with Gasteiger partial charge in [-0.1, -0.05) is 18.2 Å². The van der Waals surface area contributed by atoms with Gasteiger partial charge in [-0.15, -0.1) is 11.3 Å². The van der Waals surface area contributed by atoms with Crippen LogP contribution in [-0.4, -0.2) is 20.7 Å². The minimum absolute atomic E-state index is 0.571. The zero-order valence-corrected chi connectivity index (χ0v) is 14.3. The molecule has 0 aliphatic carbocycles. The number of halogens is 1. The topological polar surface area (TPSA) is 21.3 Å². The van der Waals surface area contributed by atoms with E-state index in [9.17, 15) is 0 Å². The Bertz CT molecular complexity index is 541. The lowest BCUT2D eigenvalue weighted by Crippen LogP contribution is -2.22. The van der Waals surface area contributed by atoms with E-state index in [-0.39, 0.29) is 0 Å². The van der Waals surface area contributed by atoms with Gasteiger partial charge in [0.2, 0.25) is 0 Å². The average Bonchev–Trinajstić information content (AvgIpc) is 2.85. The van der Waals surface area contributed by atoms with Crippen molar-refractivity contribution in [2.24, 2.45) is 5.92 Å². The fourth-order valence-corrected chi connectivity index (χ4v) is 4.00. The molecule has 0 bridgehead atoms. The van der Waals surface area contributed by atoms with Crippen LogP contribution < -0.4 is 10.1 Å². The normalized spacial score (nSPS) is 12.3. The number of nitrogens with one attached hydrogen (secondary N) is 1. The molecule has 2 aromatic rings. The van der Waals surface area contributed by atoms with Gasteiger partial charge in [0, 0.05) is 14.7 Å². The van der Waals surface area contributed by atoms with Crippen LogP contribution in [0.5, 0.6) is 5.75 Å². The molecule has 0 amide bonds. The quantitative estimate of drug-likeness (QED) is 0.807. The molecule has 2 nitrogen and oxygen atoms in total. The fraction of sp³-hybridized carbons (Fsp3) is 0.375. The summed E-state index contributed by atoms with van der Waals surface area (Å²) in [7, 11) is 3.75. The summed E-state index contributed by atoms with van der Waals surface area (Å²) in [5, 5.41) is 5.45. The molecular formula is C16H20BrNOS. The standard InChI is InChI=1S/C16H20BrNOS/c1-18-10-12(8-15-9-14(17)11-20-15)7-13-5-3-4-6-16(13)19-2/h3-6,9,11-12,18H,7-8,10H2,1-2H3. The Morgan fingerprint density at radius 3 is 2.75 bits per heavy atom. The molecule has 1 unspecified atom stereocenters. The second-order valence-electron chi connectivity index (χ2n) is 4.88. The van der Waals surface area contributed by atoms with Gasteiger partial charge in [-0.2, -0.15) is 0 Å². The first-order chi connectivity index (χ1) is 9.72. The number of thiophene rings is 1. The van der Waals surface area contributed by atoms with Gasteiger partial charge >= 0.3 is 0 Å². The number of hydrogen-bond donors (Lipinski definition) is 1. The van der Waals surface area contributed by atoms with Crippen molar-refractivity contribution in [3.63, 3.8) is 0 Å². The van der Waals surface area contributed by atoms with Gasteiger partial charge in [0.1, 0.15) is 5.75 Å². The van der Waals surface area contributed by atoms with E-state index in [0.717, 1.165) is 25.1 Å². The maximum atomic E-state index is 5.45. The van der Waals surface area contributed by atoms with Gasteiger partial charge in [-0.05, 0) is 66.0 Å². The minimum atomic E-state index is 0.571. The molecule has 0 spiro atoms. The molecule has 1 atom stereocenters. The molecule has 0 aliphatic rings. The molecule has 108 valence electrons. The highest BCUT2D eigenvalue weighted by molar-refractivity contribution is 9.10. The number of hydrogen-bond acceptors (Lipinski definition) is 3. The first kappa shape index (κ1) is 15.5. The summed E-state index contributed by atoms with van der Waals surface area (Å²) in [6, 6.07) is 10.5. The second-order valence-corrected chi connectivity index (χ2v) is 6.79. The summed E-state index contributed by atoms with van der Waals surface area (Å²) < 4.78 is 6.63. The lowest BCUT2D eigenvalue weighted by Gasteiger charge is -2.17. The van der Waals surface area contributed by atoms with E-state index in [1.54, 1.807) is 7.11 Å². The summed E-state index contributed by atoms with van der Waals surface area (Å²) in [6.45, 7) is 1.01. The first-order valence-corrected chi connectivity index (χ1v) is 8.39. The summed E-state index contributed by atoms with van der Waals surface area (Å²) in [5.41, 5.74) is 1.28. The summed E-state index contributed by atoms with van der Waals surface area (Å²) in [6.07, 6.45) is 2.12. The molecule has 0 radical (unpaired) electrons. The third-order valence-electron chi connectivity index (χ3n) is 3.31. The lowest BCUT2D eigenvalue weighted by molar-refractivity contribution is 0.402. The molecule has 2 rings (SSSR count). The zero-order valence-electron chi connectivity index (χ0n) is 11.9. The van der Waals surface area contributed by atoms with E-state index < -0.39 is 0 Å². The van der Waals surface area contributed by atoms with Gasteiger partial charge in [0.05, 0.1) is 7.11 Å². The largest absolute Gasteiger partial charge is 0.496 e. The first-order valence-electron chi connectivity index (χ1n) is 6.72. The van der Waals surface area contributed by atoms with Crippen molar-refractivity contribution in [3.8, 4) is 5.75 Å². The van der Waals surface area contributed by atoms with Crippen LogP contribution in [0.4, 0.5) is 0 Å². The highest BCUT2D eigenvalue weighted by Crippen LogP contribution is 2.26. The van der Waals surface area contributed by atoms with Crippen LogP contribution in [0.3, 0.4) is 0 Å². The van der Waals surface area contributed by atoms with Crippen molar-refractivity contribution in [2.45, 2.75) is 12.8 Å². The number of methoxy groups -OCH3 is 1. The average molecular weight is 354 g/mol. The SMILES string of the molecule is CNCC(Cc1cc(Br)cs1)Cc1ccccc1OC. The van der Waals surface area contributed by atoms with Gasteiger partial charge in [0.25, 0.3) is 0 Å². The molecule has 0 saturated heterocycles. The van der Waals surface area contributed by atoms with E-state index in [0.29, 0.717) is 5.92 Å². The van der Waals surface area contributed by atoms with Crippen LogP contribution in [0.15, 0.2) is 40.2 Å². The van der Waals surface area contributed by atoms with Gasteiger partial charge in [-0.3, -0.25) is 0 Å². The Hall–Kier alpha value is -0.840. The predicted octanol–water partition coefficient (Wildman–Crippen LogP) is 4.14. The van der Waals surface area contributed by atoms with Gasteiger partial charge in [-0.25, -0.2) is 0 Å². The van der Waals surface area contributed by atoms with Gasteiger partial charge in [0.15, 0.2) is 0 Å². The Morgan fingerprint density at radius 2 is 2.10 bits per heavy atom.